The molecule has 2 heterocycles. The van der Waals surface area contributed by atoms with Crippen LogP contribution < -0.4 is 11.3 Å². The van der Waals surface area contributed by atoms with Gasteiger partial charge in [0, 0.05) is 21.9 Å². The Bertz CT molecular complexity index is 1160. The molecular formula is C20H18N2O3S. The SMILES string of the molecule is NCCc1ccc(-c2c(O)cc(CO)c3[nH]c(=O)c4sccc4c23)cc1. The van der Waals surface area contributed by atoms with E-state index in [1.165, 1.54) is 17.4 Å². The molecule has 0 bridgehead atoms. The monoisotopic (exact) mass is 366 g/mol. The maximum absolute atomic E-state index is 12.4. The van der Waals surface area contributed by atoms with Crippen molar-refractivity contribution in [3.05, 3.63) is 63.3 Å². The van der Waals surface area contributed by atoms with Crippen LogP contribution in [0.4, 0.5) is 0 Å². The molecule has 5 nitrogen and oxygen atoms in total. The van der Waals surface area contributed by atoms with Gasteiger partial charge in [0.05, 0.1) is 12.1 Å². The molecule has 0 saturated carbocycles. The topological polar surface area (TPSA) is 99.3 Å². The van der Waals surface area contributed by atoms with Gasteiger partial charge in [-0.25, -0.2) is 0 Å². The molecule has 0 saturated heterocycles. The molecule has 0 spiro atoms. The van der Waals surface area contributed by atoms with E-state index in [1.807, 2.05) is 35.7 Å². The first-order valence-corrected chi connectivity index (χ1v) is 9.20. The van der Waals surface area contributed by atoms with Crippen molar-refractivity contribution in [3.8, 4) is 16.9 Å². The average Bonchev–Trinajstić information content (AvgIpc) is 3.13. The molecule has 0 aliphatic carbocycles. The maximum Gasteiger partial charge on any atom is 0.266 e. The number of aliphatic hydroxyl groups is 1. The van der Waals surface area contributed by atoms with Crippen molar-refractivity contribution in [2.45, 2.75) is 13.0 Å². The lowest BCUT2D eigenvalue weighted by Crippen LogP contribution is -2.07. The highest BCUT2D eigenvalue weighted by molar-refractivity contribution is 7.17. The average molecular weight is 366 g/mol. The minimum absolute atomic E-state index is 0.0765. The molecule has 0 radical (unpaired) electrons. The highest BCUT2D eigenvalue weighted by Gasteiger charge is 2.18. The van der Waals surface area contributed by atoms with Crippen molar-refractivity contribution in [2.24, 2.45) is 5.73 Å². The summed E-state index contributed by atoms with van der Waals surface area (Å²) in [6.45, 7) is 0.306. The van der Waals surface area contributed by atoms with Gasteiger partial charge in [-0.3, -0.25) is 4.79 Å². The number of aliphatic hydroxyl groups excluding tert-OH is 1. The van der Waals surface area contributed by atoms with Crippen molar-refractivity contribution in [1.82, 2.24) is 4.98 Å². The van der Waals surface area contributed by atoms with Crippen LogP contribution in [0.5, 0.6) is 5.75 Å². The lowest BCUT2D eigenvalue weighted by Gasteiger charge is -2.14. The highest BCUT2D eigenvalue weighted by Crippen LogP contribution is 2.41. The van der Waals surface area contributed by atoms with Crippen molar-refractivity contribution in [2.75, 3.05) is 6.54 Å². The highest BCUT2D eigenvalue weighted by atomic mass is 32.1. The van der Waals surface area contributed by atoms with Gasteiger partial charge in [0.2, 0.25) is 0 Å². The van der Waals surface area contributed by atoms with Gasteiger partial charge in [-0.05, 0) is 41.6 Å². The van der Waals surface area contributed by atoms with E-state index in [9.17, 15) is 15.0 Å². The molecule has 0 fully saturated rings. The summed E-state index contributed by atoms with van der Waals surface area (Å²) in [5.74, 6) is 0.0765. The zero-order valence-corrected chi connectivity index (χ0v) is 14.8. The van der Waals surface area contributed by atoms with Crippen molar-refractivity contribution in [3.63, 3.8) is 0 Å². The molecule has 0 unspecified atom stereocenters. The predicted molar refractivity (Wildman–Crippen MR) is 106 cm³/mol. The zero-order valence-electron chi connectivity index (χ0n) is 14.0. The number of aromatic hydroxyl groups is 1. The number of hydrogen-bond donors (Lipinski definition) is 4. The third kappa shape index (κ3) is 2.59. The number of hydrogen-bond acceptors (Lipinski definition) is 5. The summed E-state index contributed by atoms with van der Waals surface area (Å²) in [5, 5.41) is 23.8. The Labute approximate surface area is 153 Å². The van der Waals surface area contributed by atoms with E-state index in [-0.39, 0.29) is 17.9 Å². The van der Waals surface area contributed by atoms with Crippen LogP contribution in [0, 0.1) is 0 Å². The van der Waals surface area contributed by atoms with Crippen LogP contribution in [0.1, 0.15) is 11.1 Å². The fourth-order valence-corrected chi connectivity index (χ4v) is 4.20. The van der Waals surface area contributed by atoms with Gasteiger partial charge in [0.15, 0.2) is 0 Å². The van der Waals surface area contributed by atoms with Crippen molar-refractivity contribution < 1.29 is 10.2 Å². The number of pyridine rings is 1. The Hall–Kier alpha value is -2.67. The molecule has 6 heteroatoms. The van der Waals surface area contributed by atoms with Gasteiger partial charge in [-0.15, -0.1) is 11.3 Å². The normalized spacial score (nSPS) is 11.5. The Balaban J connectivity index is 2.10. The number of phenolic OH excluding ortho intramolecular Hbond substituents is 1. The summed E-state index contributed by atoms with van der Waals surface area (Å²) in [7, 11) is 0. The number of rotatable bonds is 4. The molecule has 0 aliphatic heterocycles. The van der Waals surface area contributed by atoms with E-state index >= 15 is 0 Å². The largest absolute Gasteiger partial charge is 0.507 e. The molecule has 0 amide bonds. The number of nitrogens with two attached hydrogens (primary N) is 1. The van der Waals surface area contributed by atoms with Crippen LogP contribution in [0.2, 0.25) is 0 Å². The molecule has 4 rings (SSSR count). The lowest BCUT2D eigenvalue weighted by atomic mass is 9.94. The number of aromatic amines is 1. The van der Waals surface area contributed by atoms with Gasteiger partial charge in [-0.2, -0.15) is 0 Å². The number of aromatic nitrogens is 1. The van der Waals surface area contributed by atoms with Gasteiger partial charge in [0.1, 0.15) is 10.4 Å². The van der Waals surface area contributed by atoms with Crippen LogP contribution in [0.25, 0.3) is 32.1 Å². The summed E-state index contributed by atoms with van der Waals surface area (Å²) in [4.78, 5) is 15.2. The van der Waals surface area contributed by atoms with Crippen LogP contribution in [0.3, 0.4) is 0 Å². The summed E-state index contributed by atoms with van der Waals surface area (Å²) >= 11 is 1.36. The Kier molecular flexibility index (Phi) is 4.24. The van der Waals surface area contributed by atoms with E-state index in [4.69, 9.17) is 5.73 Å². The molecule has 2 aromatic carbocycles. The molecule has 2 aromatic heterocycles. The molecule has 0 atom stereocenters. The number of nitrogens with one attached hydrogen (secondary N) is 1. The minimum atomic E-state index is -0.272. The smallest absolute Gasteiger partial charge is 0.266 e. The summed E-state index contributed by atoms with van der Waals surface area (Å²) in [5.41, 5.74) is 9.09. The van der Waals surface area contributed by atoms with E-state index < -0.39 is 0 Å². The van der Waals surface area contributed by atoms with Crippen LogP contribution in [-0.4, -0.2) is 21.7 Å². The molecular weight excluding hydrogens is 348 g/mol. The third-order valence-electron chi connectivity index (χ3n) is 4.61. The number of H-pyrrole nitrogens is 1. The number of fused-ring (bicyclic) bond motifs is 3. The quantitative estimate of drug-likeness (QED) is 0.446. The number of phenols is 1. The number of thiophene rings is 1. The van der Waals surface area contributed by atoms with Gasteiger partial charge < -0.3 is 20.9 Å². The zero-order chi connectivity index (χ0) is 18.3. The summed E-state index contributed by atoms with van der Waals surface area (Å²) < 4.78 is 0.605. The first-order chi connectivity index (χ1) is 12.6. The second kappa shape index (κ2) is 6.57. The standard InChI is InChI=1S/C20H18N2O3S/c21-7-5-11-1-3-12(4-2-11)16-15(24)9-13(10-23)18-17(16)14-6-8-26-19(14)20(25)22-18/h1-4,6,8-9,23-24H,5,7,10,21H2,(H,22,25). The summed E-state index contributed by atoms with van der Waals surface area (Å²) in [6, 6.07) is 11.3. The fraction of sp³-hybridized carbons (Fsp3) is 0.150. The lowest BCUT2D eigenvalue weighted by molar-refractivity contribution is 0.282. The Morgan fingerprint density at radius 2 is 1.92 bits per heavy atom. The summed E-state index contributed by atoms with van der Waals surface area (Å²) in [6.07, 6.45) is 0.790. The van der Waals surface area contributed by atoms with Crippen molar-refractivity contribution in [1.29, 1.82) is 0 Å². The van der Waals surface area contributed by atoms with Crippen LogP contribution in [-0.2, 0) is 13.0 Å². The first kappa shape index (κ1) is 16.8. The van der Waals surface area contributed by atoms with Crippen LogP contribution >= 0.6 is 11.3 Å². The Morgan fingerprint density at radius 1 is 1.15 bits per heavy atom. The molecule has 0 aliphatic rings. The van der Waals surface area contributed by atoms with E-state index in [2.05, 4.69) is 4.98 Å². The second-order valence-electron chi connectivity index (χ2n) is 6.19. The third-order valence-corrected chi connectivity index (χ3v) is 5.53. The minimum Gasteiger partial charge on any atom is -0.507 e. The van der Waals surface area contributed by atoms with E-state index in [0.717, 1.165) is 28.3 Å². The molecule has 132 valence electrons. The van der Waals surface area contributed by atoms with Crippen LogP contribution in [0.15, 0.2) is 46.6 Å². The Morgan fingerprint density at radius 3 is 2.62 bits per heavy atom. The van der Waals surface area contributed by atoms with Gasteiger partial charge >= 0.3 is 0 Å². The fourth-order valence-electron chi connectivity index (χ4n) is 3.41. The van der Waals surface area contributed by atoms with Gasteiger partial charge in [-0.1, -0.05) is 24.3 Å². The molecule has 5 N–H and O–H groups in total. The predicted octanol–water partition coefficient (Wildman–Crippen LogP) is 3.11. The molecule has 26 heavy (non-hydrogen) atoms. The van der Waals surface area contributed by atoms with Crippen molar-refractivity contribution >= 4 is 32.3 Å². The number of benzene rings is 2. The van der Waals surface area contributed by atoms with E-state index in [0.29, 0.717) is 27.9 Å². The second-order valence-corrected chi connectivity index (χ2v) is 7.11. The maximum atomic E-state index is 12.4. The first-order valence-electron chi connectivity index (χ1n) is 8.32. The van der Waals surface area contributed by atoms with Gasteiger partial charge in [0.25, 0.3) is 5.56 Å². The van der Waals surface area contributed by atoms with E-state index in [1.54, 1.807) is 0 Å². The molecule has 4 aromatic rings.